The van der Waals surface area contributed by atoms with Gasteiger partial charge in [-0.2, -0.15) is 13.2 Å². The molecule has 23 heavy (non-hydrogen) atoms. The van der Waals surface area contributed by atoms with Crippen LogP contribution < -0.4 is 4.74 Å². The maximum Gasteiger partial charge on any atom is 0.416 e. The fourth-order valence-electron chi connectivity index (χ4n) is 1.74. The minimum atomic E-state index is -4.57. The molecule has 122 valence electrons. The molecule has 3 nitrogen and oxygen atoms in total. The van der Waals surface area contributed by atoms with Crippen molar-refractivity contribution in [2.45, 2.75) is 6.18 Å². The molecule has 0 heterocycles. The first-order valence-corrected chi connectivity index (χ1v) is 6.90. The smallest absolute Gasteiger partial charge is 0.416 e. The number of hydrogen-bond acceptors (Lipinski definition) is 3. The Balaban J connectivity index is 2.36. The van der Waals surface area contributed by atoms with Crippen molar-refractivity contribution >= 4 is 29.2 Å². The maximum absolute atomic E-state index is 12.7. The second-order valence-electron chi connectivity index (χ2n) is 4.39. The summed E-state index contributed by atoms with van der Waals surface area (Å²) in [6, 6.07) is 7.30. The van der Waals surface area contributed by atoms with Crippen LogP contribution in [0.15, 0.2) is 36.4 Å². The van der Waals surface area contributed by atoms with E-state index in [-0.39, 0.29) is 27.1 Å². The Morgan fingerprint density at radius 1 is 1.09 bits per heavy atom. The van der Waals surface area contributed by atoms with Crippen molar-refractivity contribution in [1.29, 1.82) is 0 Å². The second kappa shape index (κ2) is 6.68. The van der Waals surface area contributed by atoms with E-state index in [0.29, 0.717) is 12.1 Å². The van der Waals surface area contributed by atoms with Crippen molar-refractivity contribution in [3.05, 3.63) is 57.6 Å². The molecule has 0 spiro atoms. The van der Waals surface area contributed by atoms with Gasteiger partial charge >= 0.3 is 12.1 Å². The molecule has 2 rings (SSSR count). The molecular formula is C15H9Cl2F3O3. The van der Waals surface area contributed by atoms with Crippen molar-refractivity contribution in [2.24, 2.45) is 0 Å². The zero-order valence-electron chi connectivity index (χ0n) is 11.6. The van der Waals surface area contributed by atoms with E-state index < -0.39 is 17.7 Å². The van der Waals surface area contributed by atoms with Crippen molar-refractivity contribution in [1.82, 2.24) is 0 Å². The monoisotopic (exact) mass is 364 g/mol. The minimum Gasteiger partial charge on any atom is -0.465 e. The highest BCUT2D eigenvalue weighted by molar-refractivity contribution is 6.37. The minimum absolute atomic E-state index is 0.136. The Bertz CT molecular complexity index is 722. The number of esters is 1. The van der Waals surface area contributed by atoms with Gasteiger partial charge in [0.25, 0.3) is 0 Å². The van der Waals surface area contributed by atoms with Crippen LogP contribution in [0.3, 0.4) is 0 Å². The van der Waals surface area contributed by atoms with Gasteiger partial charge in [0.05, 0.1) is 28.3 Å². The third-order valence-electron chi connectivity index (χ3n) is 2.80. The Labute approximate surface area is 139 Å². The van der Waals surface area contributed by atoms with Crippen molar-refractivity contribution in [3.63, 3.8) is 0 Å². The number of carbonyl (C=O) groups excluding carboxylic acids is 1. The molecule has 0 atom stereocenters. The number of alkyl halides is 3. The molecule has 0 saturated heterocycles. The molecule has 0 radical (unpaired) electrons. The molecule has 2 aromatic rings. The lowest BCUT2D eigenvalue weighted by Crippen LogP contribution is -2.05. The molecule has 0 saturated carbocycles. The van der Waals surface area contributed by atoms with E-state index in [2.05, 4.69) is 4.74 Å². The van der Waals surface area contributed by atoms with Gasteiger partial charge in [0.15, 0.2) is 5.75 Å². The van der Waals surface area contributed by atoms with Crippen molar-refractivity contribution in [3.8, 4) is 11.5 Å². The predicted molar refractivity (Wildman–Crippen MR) is 79.3 cm³/mol. The van der Waals surface area contributed by atoms with E-state index in [1.165, 1.54) is 31.4 Å². The summed E-state index contributed by atoms with van der Waals surface area (Å²) in [5.74, 6) is -0.542. The molecule has 8 heteroatoms. The molecule has 0 aliphatic rings. The second-order valence-corrected chi connectivity index (χ2v) is 5.20. The average molecular weight is 365 g/mol. The van der Waals surface area contributed by atoms with E-state index in [1.807, 2.05) is 0 Å². The van der Waals surface area contributed by atoms with Gasteiger partial charge in [-0.05, 0) is 30.3 Å². The summed E-state index contributed by atoms with van der Waals surface area (Å²) in [5.41, 5.74) is -0.771. The molecule has 0 fully saturated rings. The molecule has 2 aromatic carbocycles. The fourth-order valence-corrected chi connectivity index (χ4v) is 2.31. The van der Waals surface area contributed by atoms with E-state index >= 15 is 0 Å². The van der Waals surface area contributed by atoms with Crippen LogP contribution in [0.25, 0.3) is 0 Å². The Morgan fingerprint density at radius 2 is 1.70 bits per heavy atom. The summed E-state index contributed by atoms with van der Waals surface area (Å²) in [6.07, 6.45) is -4.57. The summed E-state index contributed by atoms with van der Waals surface area (Å²) in [5, 5.41) is -0.596. The molecule has 0 aliphatic heterocycles. The first-order valence-electron chi connectivity index (χ1n) is 6.15. The van der Waals surface area contributed by atoms with Crippen LogP contribution in [0.2, 0.25) is 10.0 Å². The molecule has 0 aliphatic carbocycles. The first kappa shape index (κ1) is 17.4. The molecular weight excluding hydrogens is 356 g/mol. The Morgan fingerprint density at radius 3 is 2.22 bits per heavy atom. The molecule has 0 aromatic heterocycles. The van der Waals surface area contributed by atoms with Gasteiger partial charge in [-0.3, -0.25) is 0 Å². The topological polar surface area (TPSA) is 35.5 Å². The number of rotatable bonds is 3. The SMILES string of the molecule is COC(=O)c1cccc(Oc2c(Cl)cc(C(F)(F)F)cc2Cl)c1. The van der Waals surface area contributed by atoms with Gasteiger partial charge in [-0.15, -0.1) is 0 Å². The van der Waals surface area contributed by atoms with Gasteiger partial charge in [0.2, 0.25) is 0 Å². The first-order chi connectivity index (χ1) is 10.7. The summed E-state index contributed by atoms with van der Waals surface area (Å²) in [4.78, 5) is 11.5. The van der Waals surface area contributed by atoms with Crippen molar-refractivity contribution < 1.29 is 27.4 Å². The summed E-state index contributed by atoms with van der Waals surface area (Å²) in [7, 11) is 1.22. The van der Waals surface area contributed by atoms with Crippen LogP contribution in [0.1, 0.15) is 15.9 Å². The predicted octanol–water partition coefficient (Wildman–Crippen LogP) is 5.59. The third-order valence-corrected chi connectivity index (χ3v) is 3.36. The van der Waals surface area contributed by atoms with E-state index in [4.69, 9.17) is 27.9 Å². The van der Waals surface area contributed by atoms with Crippen LogP contribution in [-0.2, 0) is 10.9 Å². The van der Waals surface area contributed by atoms with E-state index in [9.17, 15) is 18.0 Å². The van der Waals surface area contributed by atoms with Gasteiger partial charge in [0.1, 0.15) is 5.75 Å². The van der Waals surface area contributed by atoms with Gasteiger partial charge < -0.3 is 9.47 Å². The lowest BCUT2D eigenvalue weighted by molar-refractivity contribution is -0.137. The zero-order valence-corrected chi connectivity index (χ0v) is 13.1. The Kier molecular flexibility index (Phi) is 5.06. The quantitative estimate of drug-likeness (QED) is 0.665. The summed E-state index contributed by atoms with van der Waals surface area (Å²) < 4.78 is 48.0. The number of hydrogen-bond donors (Lipinski definition) is 0. The van der Waals surface area contributed by atoms with Crippen LogP contribution in [0.5, 0.6) is 11.5 Å². The van der Waals surface area contributed by atoms with Gasteiger partial charge in [-0.25, -0.2) is 4.79 Å². The van der Waals surface area contributed by atoms with E-state index in [0.717, 1.165) is 0 Å². The lowest BCUT2D eigenvalue weighted by Gasteiger charge is -2.13. The number of benzene rings is 2. The number of ether oxygens (including phenoxy) is 2. The normalized spacial score (nSPS) is 11.2. The molecule has 0 unspecified atom stereocenters. The largest absolute Gasteiger partial charge is 0.465 e. The third kappa shape index (κ3) is 4.09. The van der Waals surface area contributed by atoms with Crippen LogP contribution in [-0.4, -0.2) is 13.1 Å². The fraction of sp³-hybridized carbons (Fsp3) is 0.133. The highest BCUT2D eigenvalue weighted by atomic mass is 35.5. The molecule has 0 bridgehead atoms. The number of halogens is 5. The van der Waals surface area contributed by atoms with Crippen LogP contribution >= 0.6 is 23.2 Å². The van der Waals surface area contributed by atoms with Gasteiger partial charge in [-0.1, -0.05) is 29.3 Å². The average Bonchev–Trinajstić information content (AvgIpc) is 2.49. The Hall–Kier alpha value is -1.92. The lowest BCUT2D eigenvalue weighted by atomic mass is 10.2. The van der Waals surface area contributed by atoms with Crippen LogP contribution in [0, 0.1) is 0 Å². The van der Waals surface area contributed by atoms with Crippen LogP contribution in [0.4, 0.5) is 13.2 Å². The van der Waals surface area contributed by atoms with Gasteiger partial charge in [0, 0.05) is 0 Å². The highest BCUT2D eigenvalue weighted by Crippen LogP contribution is 2.41. The molecule has 0 amide bonds. The van der Waals surface area contributed by atoms with Crippen molar-refractivity contribution in [2.75, 3.05) is 7.11 Å². The number of carbonyl (C=O) groups is 1. The standard InChI is InChI=1S/C15H9Cl2F3O3/c1-22-14(21)8-3-2-4-10(5-8)23-13-11(16)6-9(7-12(13)17)15(18,19)20/h2-7H,1H3. The summed E-state index contributed by atoms with van der Waals surface area (Å²) >= 11 is 11.6. The zero-order chi connectivity index (χ0) is 17.2. The maximum atomic E-state index is 12.7. The van der Waals surface area contributed by atoms with E-state index in [1.54, 1.807) is 0 Å². The molecule has 0 N–H and O–H groups in total. The summed E-state index contributed by atoms with van der Waals surface area (Å²) in [6.45, 7) is 0. The number of methoxy groups -OCH3 is 1. The highest BCUT2D eigenvalue weighted by Gasteiger charge is 2.32.